The van der Waals surface area contributed by atoms with Gasteiger partial charge in [-0.15, -0.1) is 10.2 Å². The number of carbonyl (C=O) groups is 1. The van der Waals surface area contributed by atoms with Crippen LogP contribution in [0.4, 0.5) is 0 Å². The summed E-state index contributed by atoms with van der Waals surface area (Å²) in [5.41, 5.74) is 3.00. The van der Waals surface area contributed by atoms with Crippen LogP contribution in [0.3, 0.4) is 0 Å². The second-order valence-electron chi connectivity index (χ2n) is 8.07. The van der Waals surface area contributed by atoms with Gasteiger partial charge in [0.05, 0.1) is 25.0 Å². The van der Waals surface area contributed by atoms with E-state index in [-0.39, 0.29) is 23.6 Å². The van der Waals surface area contributed by atoms with E-state index in [1.807, 2.05) is 49.4 Å². The molecule has 0 aliphatic carbocycles. The van der Waals surface area contributed by atoms with Gasteiger partial charge in [0.2, 0.25) is 11.8 Å². The average molecular weight is 454 g/mol. The molecule has 0 saturated carbocycles. The molecule has 1 atom stereocenters. The molecule has 2 aromatic carbocycles. The number of carbonyl (C=O) groups excluding carboxylic acids is 1. The molecular formula is C24H27N3O4S. The first kappa shape index (κ1) is 22.2. The SMILES string of the molecule is Cc1ccc(-c2nnc(SCC(=O)NC(c3ccc4c(c3)OCCCO4)C(C)C)o2)cc1. The van der Waals surface area contributed by atoms with E-state index in [0.29, 0.717) is 24.3 Å². The smallest absolute Gasteiger partial charge is 0.277 e. The monoisotopic (exact) mass is 453 g/mol. The first-order valence-corrected chi connectivity index (χ1v) is 11.7. The summed E-state index contributed by atoms with van der Waals surface area (Å²) < 4.78 is 17.2. The zero-order valence-corrected chi connectivity index (χ0v) is 19.3. The Bertz CT molecular complexity index is 1070. The molecule has 0 bridgehead atoms. The normalized spacial score (nSPS) is 14.1. The average Bonchev–Trinajstić information content (AvgIpc) is 3.13. The van der Waals surface area contributed by atoms with Crippen LogP contribution in [0.15, 0.2) is 52.1 Å². The van der Waals surface area contributed by atoms with E-state index < -0.39 is 0 Å². The highest BCUT2D eigenvalue weighted by atomic mass is 32.2. The topological polar surface area (TPSA) is 86.5 Å². The van der Waals surface area contributed by atoms with Crippen LogP contribution in [0.1, 0.15) is 37.4 Å². The first-order valence-electron chi connectivity index (χ1n) is 10.7. The molecule has 0 saturated heterocycles. The maximum Gasteiger partial charge on any atom is 0.277 e. The van der Waals surface area contributed by atoms with Crippen molar-refractivity contribution in [2.45, 2.75) is 38.5 Å². The molecule has 168 valence electrons. The molecule has 2 heterocycles. The van der Waals surface area contributed by atoms with Gasteiger partial charge in [-0.2, -0.15) is 0 Å². The number of hydrogen-bond acceptors (Lipinski definition) is 7. The molecule has 0 spiro atoms. The van der Waals surface area contributed by atoms with E-state index in [9.17, 15) is 4.79 Å². The van der Waals surface area contributed by atoms with Gasteiger partial charge in [0.15, 0.2) is 11.5 Å². The standard InChI is InChI=1S/C24H27N3O4S/c1-15(2)22(18-9-10-19-20(13-18)30-12-4-11-29-19)25-21(28)14-32-24-27-26-23(31-24)17-7-5-16(3)6-8-17/h5-10,13,15,22H,4,11-12,14H2,1-3H3,(H,25,28). The van der Waals surface area contributed by atoms with Gasteiger partial charge in [-0.1, -0.05) is 49.4 Å². The van der Waals surface area contributed by atoms with Gasteiger partial charge >= 0.3 is 0 Å². The second-order valence-corrected chi connectivity index (χ2v) is 9.00. The van der Waals surface area contributed by atoms with Gasteiger partial charge < -0.3 is 19.2 Å². The number of thioether (sulfide) groups is 1. The molecule has 4 rings (SSSR count). The van der Waals surface area contributed by atoms with E-state index in [4.69, 9.17) is 13.9 Å². The van der Waals surface area contributed by atoms with Gasteiger partial charge in [-0.25, -0.2) is 0 Å². The predicted molar refractivity (Wildman–Crippen MR) is 123 cm³/mol. The highest BCUT2D eigenvalue weighted by Gasteiger charge is 2.22. The number of aromatic nitrogens is 2. The van der Waals surface area contributed by atoms with E-state index >= 15 is 0 Å². The molecule has 0 radical (unpaired) electrons. The largest absolute Gasteiger partial charge is 0.490 e. The summed E-state index contributed by atoms with van der Waals surface area (Å²) in [6.45, 7) is 7.45. The molecule has 3 aromatic rings. The third kappa shape index (κ3) is 5.43. The minimum Gasteiger partial charge on any atom is -0.490 e. The Morgan fingerprint density at radius 3 is 2.56 bits per heavy atom. The fourth-order valence-electron chi connectivity index (χ4n) is 3.43. The number of nitrogens with zero attached hydrogens (tertiary/aromatic N) is 2. The number of fused-ring (bicyclic) bond motifs is 1. The van der Waals surface area contributed by atoms with Crippen molar-refractivity contribution in [2.24, 2.45) is 5.92 Å². The summed E-state index contributed by atoms with van der Waals surface area (Å²) in [6.07, 6.45) is 0.854. The summed E-state index contributed by atoms with van der Waals surface area (Å²) >= 11 is 1.22. The van der Waals surface area contributed by atoms with Crippen LogP contribution < -0.4 is 14.8 Å². The molecule has 1 unspecified atom stereocenters. The van der Waals surface area contributed by atoms with E-state index in [1.165, 1.54) is 11.8 Å². The Hall–Kier alpha value is -3.00. The number of amides is 1. The van der Waals surface area contributed by atoms with E-state index in [2.05, 4.69) is 29.4 Å². The van der Waals surface area contributed by atoms with Crippen molar-refractivity contribution in [3.05, 3.63) is 53.6 Å². The molecule has 1 amide bonds. The lowest BCUT2D eigenvalue weighted by Gasteiger charge is -2.23. The van der Waals surface area contributed by atoms with Crippen molar-refractivity contribution in [1.82, 2.24) is 15.5 Å². The van der Waals surface area contributed by atoms with Crippen LogP contribution in [0.25, 0.3) is 11.5 Å². The number of nitrogens with one attached hydrogen (secondary N) is 1. The van der Waals surface area contributed by atoms with Crippen LogP contribution in [0.5, 0.6) is 11.5 Å². The summed E-state index contributed by atoms with van der Waals surface area (Å²) in [6, 6.07) is 13.6. The molecule has 32 heavy (non-hydrogen) atoms. The maximum atomic E-state index is 12.7. The highest BCUT2D eigenvalue weighted by Crippen LogP contribution is 2.34. The molecule has 1 aliphatic rings. The van der Waals surface area contributed by atoms with Crippen molar-refractivity contribution < 1.29 is 18.7 Å². The third-order valence-corrected chi connectivity index (χ3v) is 5.96. The zero-order valence-electron chi connectivity index (χ0n) is 18.5. The highest BCUT2D eigenvalue weighted by molar-refractivity contribution is 7.99. The lowest BCUT2D eigenvalue weighted by Crippen LogP contribution is -2.33. The van der Waals surface area contributed by atoms with Crippen LogP contribution >= 0.6 is 11.8 Å². The predicted octanol–water partition coefficient (Wildman–Crippen LogP) is 4.81. The zero-order chi connectivity index (χ0) is 22.5. The van der Waals surface area contributed by atoms with Crippen LogP contribution in [-0.2, 0) is 4.79 Å². The number of aryl methyl sites for hydroxylation is 1. The Morgan fingerprint density at radius 1 is 1.06 bits per heavy atom. The minimum absolute atomic E-state index is 0.101. The molecule has 8 heteroatoms. The third-order valence-electron chi connectivity index (χ3n) is 5.15. The lowest BCUT2D eigenvalue weighted by atomic mass is 9.95. The molecule has 0 fully saturated rings. The van der Waals surface area contributed by atoms with Crippen molar-refractivity contribution in [3.63, 3.8) is 0 Å². The maximum absolute atomic E-state index is 12.7. The Labute approximate surface area is 191 Å². The molecule has 1 aromatic heterocycles. The van der Waals surface area contributed by atoms with Crippen molar-refractivity contribution in [1.29, 1.82) is 0 Å². The number of hydrogen-bond donors (Lipinski definition) is 1. The molecule has 1 N–H and O–H groups in total. The number of rotatable bonds is 7. The van der Waals surface area contributed by atoms with E-state index in [1.54, 1.807) is 0 Å². The fraction of sp³-hybridized carbons (Fsp3) is 0.375. The van der Waals surface area contributed by atoms with Gasteiger partial charge in [-0.05, 0) is 42.7 Å². The molecular weight excluding hydrogens is 426 g/mol. The van der Waals surface area contributed by atoms with E-state index in [0.717, 1.165) is 34.6 Å². The summed E-state index contributed by atoms with van der Waals surface area (Å²) in [4.78, 5) is 12.7. The minimum atomic E-state index is -0.147. The van der Waals surface area contributed by atoms with Gasteiger partial charge in [0, 0.05) is 12.0 Å². The van der Waals surface area contributed by atoms with Gasteiger partial charge in [-0.3, -0.25) is 4.79 Å². The van der Waals surface area contributed by atoms with Crippen LogP contribution in [0, 0.1) is 12.8 Å². The molecule has 1 aliphatic heterocycles. The fourth-order valence-corrected chi connectivity index (χ4v) is 4.01. The van der Waals surface area contributed by atoms with Crippen LogP contribution in [0.2, 0.25) is 0 Å². The second kappa shape index (κ2) is 10.1. The van der Waals surface area contributed by atoms with Crippen LogP contribution in [-0.4, -0.2) is 35.1 Å². The summed E-state index contributed by atoms with van der Waals surface area (Å²) in [7, 11) is 0. The van der Waals surface area contributed by atoms with Crippen molar-refractivity contribution >= 4 is 17.7 Å². The summed E-state index contributed by atoms with van der Waals surface area (Å²) in [5.74, 6) is 2.20. The Morgan fingerprint density at radius 2 is 1.81 bits per heavy atom. The molecule has 7 nitrogen and oxygen atoms in total. The number of benzene rings is 2. The van der Waals surface area contributed by atoms with Crippen molar-refractivity contribution in [3.8, 4) is 23.0 Å². The number of ether oxygens (including phenoxy) is 2. The quantitative estimate of drug-likeness (QED) is 0.514. The lowest BCUT2D eigenvalue weighted by molar-refractivity contribution is -0.119. The summed E-state index contributed by atoms with van der Waals surface area (Å²) in [5, 5.41) is 11.6. The first-order chi connectivity index (χ1) is 15.5. The Kier molecular flexibility index (Phi) is 6.99. The van der Waals surface area contributed by atoms with Crippen molar-refractivity contribution in [2.75, 3.05) is 19.0 Å². The van der Waals surface area contributed by atoms with Gasteiger partial charge in [0.1, 0.15) is 0 Å². The van der Waals surface area contributed by atoms with Gasteiger partial charge in [0.25, 0.3) is 5.22 Å². The Balaban J connectivity index is 1.38.